The predicted molar refractivity (Wildman–Crippen MR) is 121 cm³/mol. The molecule has 0 amide bonds. The lowest BCUT2D eigenvalue weighted by atomic mass is 10.1. The highest BCUT2D eigenvalue weighted by atomic mass is 32.1. The van der Waals surface area contributed by atoms with E-state index in [-0.39, 0.29) is 5.88 Å². The maximum Gasteiger partial charge on any atom is 0.210 e. The molecule has 0 atom stereocenters. The highest BCUT2D eigenvalue weighted by Crippen LogP contribution is 2.37. The molecular weight excluding hydrogens is 404 g/mol. The molecule has 1 aliphatic rings. The Bertz CT molecular complexity index is 1160. The van der Waals surface area contributed by atoms with Crippen LogP contribution in [0.1, 0.15) is 16.0 Å². The molecule has 0 fully saturated rings. The van der Waals surface area contributed by atoms with Crippen LogP contribution in [0.3, 0.4) is 0 Å². The number of aromatic hydroxyl groups is 1. The summed E-state index contributed by atoms with van der Waals surface area (Å²) in [6, 6.07) is 13.7. The Labute approximate surface area is 178 Å². The molecule has 0 unspecified atom stereocenters. The van der Waals surface area contributed by atoms with E-state index in [4.69, 9.17) is 21.7 Å². The van der Waals surface area contributed by atoms with Gasteiger partial charge in [0.1, 0.15) is 11.5 Å². The second-order valence-electron chi connectivity index (χ2n) is 6.55. The molecule has 3 aromatic rings. The van der Waals surface area contributed by atoms with Crippen molar-refractivity contribution < 1.29 is 14.6 Å². The lowest BCUT2D eigenvalue weighted by Crippen LogP contribution is -2.00. The Hall–Kier alpha value is -2.90. The van der Waals surface area contributed by atoms with E-state index in [1.54, 1.807) is 25.0 Å². The van der Waals surface area contributed by atoms with Crippen LogP contribution in [-0.4, -0.2) is 30.1 Å². The van der Waals surface area contributed by atoms with Crippen molar-refractivity contribution in [1.82, 2.24) is 4.57 Å². The summed E-state index contributed by atoms with van der Waals surface area (Å²) in [5.41, 5.74) is 3.97. The van der Waals surface area contributed by atoms with Crippen molar-refractivity contribution in [2.75, 3.05) is 14.2 Å². The van der Waals surface area contributed by atoms with E-state index in [0.717, 1.165) is 45.2 Å². The number of benzene rings is 2. The summed E-state index contributed by atoms with van der Waals surface area (Å²) in [7, 11) is 3.29. The van der Waals surface area contributed by atoms with Gasteiger partial charge in [-0.3, -0.25) is 9.56 Å². The van der Waals surface area contributed by atoms with Gasteiger partial charge in [0.05, 0.1) is 24.8 Å². The zero-order valence-electron chi connectivity index (χ0n) is 16.1. The molecular formula is C22H20N2O3S2. The molecule has 5 nitrogen and oxygen atoms in total. The Morgan fingerprint density at radius 2 is 1.83 bits per heavy atom. The SMILES string of the molecule is COc1ccc(CCn2c(O)c(/C=C3\C=Nc4cc(OC)ccc43)sc2=S)cc1. The average Bonchev–Trinajstić information content (AvgIpc) is 3.27. The number of allylic oxidation sites excluding steroid dienone is 1. The molecule has 0 bridgehead atoms. The Morgan fingerprint density at radius 3 is 2.55 bits per heavy atom. The van der Waals surface area contributed by atoms with Gasteiger partial charge < -0.3 is 14.6 Å². The predicted octanol–water partition coefficient (Wildman–Crippen LogP) is 5.50. The van der Waals surface area contributed by atoms with Gasteiger partial charge in [0.25, 0.3) is 0 Å². The van der Waals surface area contributed by atoms with E-state index in [1.807, 2.05) is 48.5 Å². The number of fused-ring (bicyclic) bond motifs is 1. The van der Waals surface area contributed by atoms with Crippen LogP contribution in [0.2, 0.25) is 0 Å². The fraction of sp³-hybridized carbons (Fsp3) is 0.182. The second-order valence-corrected chi connectivity index (χ2v) is 8.22. The molecule has 7 heteroatoms. The number of hydrogen-bond acceptors (Lipinski definition) is 6. The van der Waals surface area contributed by atoms with E-state index >= 15 is 0 Å². The third kappa shape index (κ3) is 3.97. The van der Waals surface area contributed by atoms with Gasteiger partial charge in [0, 0.05) is 30.0 Å². The molecule has 4 rings (SSSR count). The van der Waals surface area contributed by atoms with Crippen molar-refractivity contribution in [1.29, 1.82) is 0 Å². The molecule has 2 aromatic carbocycles. The van der Waals surface area contributed by atoms with Gasteiger partial charge in [0.15, 0.2) is 3.95 Å². The average molecular weight is 425 g/mol. The number of aliphatic imine (C=N–C) groups is 1. The van der Waals surface area contributed by atoms with Crippen molar-refractivity contribution in [3.63, 3.8) is 0 Å². The molecule has 2 heterocycles. The maximum absolute atomic E-state index is 10.7. The first-order valence-electron chi connectivity index (χ1n) is 9.08. The molecule has 0 radical (unpaired) electrons. The van der Waals surface area contributed by atoms with Gasteiger partial charge in [0.2, 0.25) is 5.88 Å². The first-order chi connectivity index (χ1) is 14.1. The van der Waals surface area contributed by atoms with Crippen molar-refractivity contribution in [3.8, 4) is 17.4 Å². The number of hydrogen-bond donors (Lipinski definition) is 1. The van der Waals surface area contributed by atoms with E-state index in [2.05, 4.69) is 4.99 Å². The third-order valence-corrected chi connectivity index (χ3v) is 6.21. The Kier molecular flexibility index (Phi) is 5.51. The molecule has 148 valence electrons. The minimum absolute atomic E-state index is 0.191. The number of methoxy groups -OCH3 is 2. The number of thiazole rings is 1. The minimum Gasteiger partial charge on any atom is -0.497 e. The number of nitrogens with zero attached hydrogens (tertiary/aromatic N) is 2. The van der Waals surface area contributed by atoms with E-state index < -0.39 is 0 Å². The molecule has 1 aliphatic heterocycles. The monoisotopic (exact) mass is 424 g/mol. The maximum atomic E-state index is 10.7. The summed E-state index contributed by atoms with van der Waals surface area (Å²) >= 11 is 6.89. The topological polar surface area (TPSA) is 56.0 Å². The zero-order chi connectivity index (χ0) is 20.4. The first-order valence-corrected chi connectivity index (χ1v) is 10.3. The molecule has 1 aromatic heterocycles. The fourth-order valence-electron chi connectivity index (χ4n) is 3.19. The summed E-state index contributed by atoms with van der Waals surface area (Å²) < 4.78 is 12.9. The zero-order valence-corrected chi connectivity index (χ0v) is 17.7. The highest BCUT2D eigenvalue weighted by Gasteiger charge is 2.16. The molecule has 0 saturated heterocycles. The third-order valence-electron chi connectivity index (χ3n) is 4.82. The van der Waals surface area contributed by atoms with Gasteiger partial charge in [-0.2, -0.15) is 0 Å². The molecule has 0 aliphatic carbocycles. The smallest absolute Gasteiger partial charge is 0.210 e. The van der Waals surface area contributed by atoms with E-state index in [0.29, 0.717) is 10.5 Å². The lowest BCUT2D eigenvalue weighted by molar-refractivity contribution is 0.412. The van der Waals surface area contributed by atoms with Crippen LogP contribution < -0.4 is 9.47 Å². The fourth-order valence-corrected chi connectivity index (χ4v) is 4.50. The minimum atomic E-state index is 0.191. The summed E-state index contributed by atoms with van der Waals surface area (Å²) in [5.74, 6) is 1.79. The van der Waals surface area contributed by atoms with Crippen molar-refractivity contribution in [3.05, 3.63) is 62.4 Å². The standard InChI is InChI=1S/C22H20N2O3S2/c1-26-16-5-3-14(4-6-16)9-10-24-21(25)20(29-22(24)28)11-15-13-23-19-12-17(27-2)7-8-18(15)19/h3-8,11-13,25H,9-10H2,1-2H3/b15-11+. The summed E-state index contributed by atoms with van der Waals surface area (Å²) in [4.78, 5) is 5.17. The number of aryl methyl sites for hydroxylation is 1. The van der Waals surface area contributed by atoms with Crippen molar-refractivity contribution in [2.45, 2.75) is 13.0 Å². The summed E-state index contributed by atoms with van der Waals surface area (Å²) in [6.45, 7) is 0.610. The Balaban J connectivity index is 1.56. The van der Waals surface area contributed by atoms with Gasteiger partial charge in [-0.05, 0) is 54.5 Å². The lowest BCUT2D eigenvalue weighted by Gasteiger charge is -2.06. The molecule has 0 saturated carbocycles. The van der Waals surface area contributed by atoms with Crippen molar-refractivity contribution in [2.24, 2.45) is 4.99 Å². The molecule has 0 spiro atoms. The molecule has 1 N–H and O–H groups in total. The Morgan fingerprint density at radius 1 is 1.10 bits per heavy atom. The second kappa shape index (κ2) is 8.23. The first kappa shape index (κ1) is 19.4. The van der Waals surface area contributed by atoms with Crippen LogP contribution in [-0.2, 0) is 13.0 Å². The van der Waals surface area contributed by atoms with Crippen LogP contribution in [0.4, 0.5) is 5.69 Å². The van der Waals surface area contributed by atoms with Crippen LogP contribution in [0, 0.1) is 3.95 Å². The largest absolute Gasteiger partial charge is 0.497 e. The number of aromatic nitrogens is 1. The normalized spacial score (nSPS) is 13.7. The van der Waals surface area contributed by atoms with Crippen LogP contribution >= 0.6 is 23.6 Å². The van der Waals surface area contributed by atoms with Gasteiger partial charge in [-0.1, -0.05) is 12.1 Å². The van der Waals surface area contributed by atoms with Crippen LogP contribution in [0.25, 0.3) is 11.6 Å². The number of rotatable bonds is 6. The van der Waals surface area contributed by atoms with Gasteiger partial charge >= 0.3 is 0 Å². The van der Waals surface area contributed by atoms with Gasteiger partial charge in [-0.15, -0.1) is 11.3 Å². The van der Waals surface area contributed by atoms with Crippen LogP contribution in [0.5, 0.6) is 17.4 Å². The highest BCUT2D eigenvalue weighted by molar-refractivity contribution is 7.73. The summed E-state index contributed by atoms with van der Waals surface area (Å²) in [5, 5.41) is 10.7. The molecule has 29 heavy (non-hydrogen) atoms. The number of ether oxygens (including phenoxy) is 2. The summed E-state index contributed by atoms with van der Waals surface area (Å²) in [6.07, 6.45) is 4.50. The van der Waals surface area contributed by atoms with Crippen LogP contribution in [0.15, 0.2) is 47.5 Å². The van der Waals surface area contributed by atoms with E-state index in [9.17, 15) is 5.11 Å². The van der Waals surface area contributed by atoms with Gasteiger partial charge in [-0.25, -0.2) is 0 Å². The quantitative estimate of drug-likeness (QED) is 0.531. The van der Waals surface area contributed by atoms with E-state index in [1.165, 1.54) is 11.3 Å². The van der Waals surface area contributed by atoms with Crippen molar-refractivity contribution >= 4 is 47.1 Å².